The number of hydrogen-bond donors (Lipinski definition) is 1. The largest absolute Gasteiger partial charge is 0.497 e. The van der Waals surface area contributed by atoms with Crippen LogP contribution in [-0.4, -0.2) is 13.7 Å². The van der Waals surface area contributed by atoms with Crippen molar-refractivity contribution in [1.82, 2.24) is 0 Å². The van der Waals surface area contributed by atoms with Crippen molar-refractivity contribution >= 4 is 0 Å². The molecule has 1 aromatic rings. The lowest BCUT2D eigenvalue weighted by Gasteiger charge is -2.16. The number of hydrogen-bond acceptors (Lipinski definition) is 2. The topological polar surface area (TPSA) is 35.2 Å². The summed E-state index contributed by atoms with van der Waals surface area (Å²) < 4.78 is 5.30. The van der Waals surface area contributed by atoms with Gasteiger partial charge in [-0.3, -0.25) is 0 Å². The number of ether oxygens (including phenoxy) is 1. The second-order valence-corrected chi connectivity index (χ2v) is 4.78. The highest BCUT2D eigenvalue weighted by atomic mass is 16.5. The van der Waals surface area contributed by atoms with Gasteiger partial charge in [0, 0.05) is 0 Å². The average molecular weight is 219 g/mol. The Morgan fingerprint density at radius 2 is 2.25 bits per heavy atom. The quantitative estimate of drug-likeness (QED) is 0.845. The fraction of sp³-hybridized carbons (Fsp3) is 0.571. The zero-order valence-corrected chi connectivity index (χ0v) is 10.2. The van der Waals surface area contributed by atoms with Crippen LogP contribution in [0.3, 0.4) is 0 Å². The molecular weight excluding hydrogens is 198 g/mol. The molecule has 0 aromatic heterocycles. The first-order valence-electron chi connectivity index (χ1n) is 6.13. The van der Waals surface area contributed by atoms with E-state index in [1.807, 2.05) is 0 Å². The minimum atomic E-state index is 0.675. The van der Waals surface area contributed by atoms with Crippen molar-refractivity contribution in [2.24, 2.45) is 11.7 Å². The fourth-order valence-electron chi connectivity index (χ4n) is 2.80. The Labute approximate surface area is 97.8 Å². The molecule has 2 heteroatoms. The van der Waals surface area contributed by atoms with Crippen LogP contribution in [0.5, 0.6) is 5.75 Å². The molecule has 2 rings (SSSR count). The van der Waals surface area contributed by atoms with E-state index in [9.17, 15) is 0 Å². The fourth-order valence-corrected chi connectivity index (χ4v) is 2.80. The number of nitrogens with two attached hydrogens (primary N) is 1. The van der Waals surface area contributed by atoms with Gasteiger partial charge in [0.2, 0.25) is 0 Å². The van der Waals surface area contributed by atoms with Gasteiger partial charge in [0.15, 0.2) is 0 Å². The molecule has 0 aliphatic heterocycles. The zero-order chi connectivity index (χ0) is 11.5. The van der Waals surface area contributed by atoms with Crippen LogP contribution in [0.2, 0.25) is 0 Å². The molecule has 16 heavy (non-hydrogen) atoms. The standard InChI is InChI=1S/C14H21NO/c1-10-8-11-5-6-12(16-2)9-14(11)13(10)4-3-7-15/h5-6,9-10,13H,3-4,7-8,15H2,1-2H3/t10-,13-/m0/s1. The summed E-state index contributed by atoms with van der Waals surface area (Å²) in [5.74, 6) is 2.40. The van der Waals surface area contributed by atoms with Crippen molar-refractivity contribution in [1.29, 1.82) is 0 Å². The van der Waals surface area contributed by atoms with Gasteiger partial charge < -0.3 is 10.5 Å². The summed E-state index contributed by atoms with van der Waals surface area (Å²) in [6.45, 7) is 3.14. The first-order valence-corrected chi connectivity index (χ1v) is 6.13. The van der Waals surface area contributed by atoms with Crippen molar-refractivity contribution < 1.29 is 4.74 Å². The Morgan fingerprint density at radius 3 is 2.94 bits per heavy atom. The number of benzene rings is 1. The van der Waals surface area contributed by atoms with Gasteiger partial charge in [-0.2, -0.15) is 0 Å². The lowest BCUT2D eigenvalue weighted by Crippen LogP contribution is -2.07. The third-order valence-electron chi connectivity index (χ3n) is 3.70. The number of methoxy groups -OCH3 is 1. The van der Waals surface area contributed by atoms with E-state index in [1.165, 1.54) is 24.0 Å². The molecule has 0 unspecified atom stereocenters. The van der Waals surface area contributed by atoms with Crippen LogP contribution in [0.1, 0.15) is 36.8 Å². The maximum Gasteiger partial charge on any atom is 0.119 e. The summed E-state index contributed by atoms with van der Waals surface area (Å²) in [7, 11) is 1.73. The maximum absolute atomic E-state index is 5.60. The van der Waals surface area contributed by atoms with Crippen LogP contribution < -0.4 is 10.5 Å². The van der Waals surface area contributed by atoms with Gasteiger partial charge in [0.1, 0.15) is 5.75 Å². The van der Waals surface area contributed by atoms with Crippen LogP contribution in [-0.2, 0) is 6.42 Å². The lowest BCUT2D eigenvalue weighted by atomic mass is 9.89. The van der Waals surface area contributed by atoms with Gasteiger partial charge in [0.05, 0.1) is 7.11 Å². The molecule has 2 nitrogen and oxygen atoms in total. The Bertz CT molecular complexity index is 362. The normalized spacial score (nSPS) is 23.2. The summed E-state index contributed by atoms with van der Waals surface area (Å²) in [5, 5.41) is 0. The summed E-state index contributed by atoms with van der Waals surface area (Å²) in [6.07, 6.45) is 3.53. The van der Waals surface area contributed by atoms with E-state index >= 15 is 0 Å². The van der Waals surface area contributed by atoms with E-state index in [1.54, 1.807) is 7.11 Å². The number of fused-ring (bicyclic) bond motifs is 1. The van der Waals surface area contributed by atoms with Gasteiger partial charge in [-0.05, 0) is 60.9 Å². The highest BCUT2D eigenvalue weighted by Gasteiger charge is 2.28. The summed E-state index contributed by atoms with van der Waals surface area (Å²) in [6, 6.07) is 6.49. The molecule has 2 atom stereocenters. The van der Waals surface area contributed by atoms with Crippen LogP contribution in [0, 0.1) is 5.92 Å². The molecule has 0 saturated carbocycles. The lowest BCUT2D eigenvalue weighted by molar-refractivity contribution is 0.412. The Balaban J connectivity index is 2.23. The van der Waals surface area contributed by atoms with Crippen LogP contribution in [0.15, 0.2) is 18.2 Å². The monoisotopic (exact) mass is 219 g/mol. The molecule has 1 aliphatic rings. The second-order valence-electron chi connectivity index (χ2n) is 4.78. The van der Waals surface area contributed by atoms with E-state index in [0.717, 1.165) is 24.6 Å². The summed E-state index contributed by atoms with van der Waals surface area (Å²) in [5.41, 5.74) is 8.59. The molecule has 2 N–H and O–H groups in total. The average Bonchev–Trinajstić information content (AvgIpc) is 2.61. The van der Waals surface area contributed by atoms with Gasteiger partial charge in [0.25, 0.3) is 0 Å². The van der Waals surface area contributed by atoms with Crippen LogP contribution in [0.4, 0.5) is 0 Å². The van der Waals surface area contributed by atoms with Gasteiger partial charge in [-0.1, -0.05) is 13.0 Å². The summed E-state index contributed by atoms with van der Waals surface area (Å²) in [4.78, 5) is 0. The van der Waals surface area contributed by atoms with Gasteiger partial charge >= 0.3 is 0 Å². The highest BCUT2D eigenvalue weighted by Crippen LogP contribution is 2.41. The van der Waals surface area contributed by atoms with E-state index in [2.05, 4.69) is 25.1 Å². The van der Waals surface area contributed by atoms with E-state index in [0.29, 0.717) is 5.92 Å². The van der Waals surface area contributed by atoms with Crippen molar-refractivity contribution in [2.45, 2.75) is 32.1 Å². The van der Waals surface area contributed by atoms with Crippen molar-refractivity contribution in [3.63, 3.8) is 0 Å². The molecule has 88 valence electrons. The minimum Gasteiger partial charge on any atom is -0.497 e. The molecule has 0 saturated heterocycles. The predicted molar refractivity (Wildman–Crippen MR) is 66.9 cm³/mol. The van der Waals surface area contributed by atoms with Gasteiger partial charge in [-0.15, -0.1) is 0 Å². The van der Waals surface area contributed by atoms with Gasteiger partial charge in [-0.25, -0.2) is 0 Å². The molecular formula is C14H21NO. The molecule has 1 aromatic carbocycles. The Morgan fingerprint density at radius 1 is 1.44 bits per heavy atom. The molecule has 0 heterocycles. The molecule has 0 fully saturated rings. The molecule has 1 aliphatic carbocycles. The third-order valence-corrected chi connectivity index (χ3v) is 3.70. The highest BCUT2D eigenvalue weighted by molar-refractivity contribution is 5.41. The van der Waals surface area contributed by atoms with Crippen LogP contribution >= 0.6 is 0 Å². The first-order chi connectivity index (χ1) is 7.76. The van der Waals surface area contributed by atoms with Crippen molar-refractivity contribution in [3.8, 4) is 5.75 Å². The molecule has 0 amide bonds. The maximum atomic E-state index is 5.60. The minimum absolute atomic E-state index is 0.675. The molecule has 0 radical (unpaired) electrons. The molecule has 0 spiro atoms. The summed E-state index contributed by atoms with van der Waals surface area (Å²) >= 11 is 0. The predicted octanol–water partition coefficient (Wildman–Crippen LogP) is 2.71. The smallest absolute Gasteiger partial charge is 0.119 e. The van der Waals surface area contributed by atoms with Crippen molar-refractivity contribution in [3.05, 3.63) is 29.3 Å². The Hall–Kier alpha value is -1.02. The SMILES string of the molecule is COc1ccc2c(c1)[C@@H](CCCN)[C@@H](C)C2. The zero-order valence-electron chi connectivity index (χ0n) is 10.2. The first kappa shape index (κ1) is 11.5. The van der Waals surface area contributed by atoms with E-state index < -0.39 is 0 Å². The van der Waals surface area contributed by atoms with E-state index in [-0.39, 0.29) is 0 Å². The number of rotatable bonds is 4. The Kier molecular flexibility index (Phi) is 3.49. The molecule has 0 bridgehead atoms. The van der Waals surface area contributed by atoms with Crippen LogP contribution in [0.25, 0.3) is 0 Å². The van der Waals surface area contributed by atoms with Crippen molar-refractivity contribution in [2.75, 3.05) is 13.7 Å². The third kappa shape index (κ3) is 2.07. The van der Waals surface area contributed by atoms with E-state index in [4.69, 9.17) is 10.5 Å². The second kappa shape index (κ2) is 4.88.